The zero-order valence-corrected chi connectivity index (χ0v) is 43.2. The van der Waals surface area contributed by atoms with Gasteiger partial charge in [0, 0.05) is 11.5 Å². The van der Waals surface area contributed by atoms with Crippen LogP contribution in [0.5, 0.6) is 0 Å². The zero-order chi connectivity index (χ0) is 51.2. The van der Waals surface area contributed by atoms with Crippen LogP contribution in [0.1, 0.15) is 129 Å². The predicted molar refractivity (Wildman–Crippen MR) is 261 cm³/mol. The molecule has 66 heavy (non-hydrogen) atoms. The Morgan fingerprint density at radius 3 is 0.985 bits per heavy atom. The molecule has 0 aromatic rings. The van der Waals surface area contributed by atoms with Crippen molar-refractivity contribution in [1.82, 2.24) is 42.5 Å². The van der Waals surface area contributed by atoms with Gasteiger partial charge >= 0.3 is 5.97 Å². The molecule has 0 aromatic carbocycles. The largest absolute Gasteiger partial charge is 0.480 e. The molecule has 380 valence electrons. The van der Waals surface area contributed by atoms with Gasteiger partial charge in [-0.15, -0.1) is 0 Å². The quantitative estimate of drug-likeness (QED) is 0.0442. The van der Waals surface area contributed by atoms with Gasteiger partial charge in [-0.05, 0) is 74.5 Å². The molecule has 0 rings (SSSR count). The van der Waals surface area contributed by atoms with E-state index in [0.717, 1.165) is 0 Å². The van der Waals surface area contributed by atoms with Crippen LogP contribution >= 0.6 is 25.3 Å². The number of rotatable bonds is 31. The summed E-state index contributed by atoms with van der Waals surface area (Å²) in [5, 5.41) is 30.8. The van der Waals surface area contributed by atoms with E-state index >= 15 is 0 Å². The third-order valence-electron chi connectivity index (χ3n) is 10.6. The Balaban J connectivity index is 6.08. The van der Waals surface area contributed by atoms with E-state index in [4.69, 9.17) is 5.73 Å². The number of nitrogens with two attached hydrogens (primary N) is 1. The van der Waals surface area contributed by atoms with Gasteiger partial charge in [-0.2, -0.15) is 25.3 Å². The average Bonchev–Trinajstić information content (AvgIpc) is 3.20. The Kier molecular flexibility index (Phi) is 29.1. The number of aliphatic carboxylic acids is 1. The monoisotopic (exact) mass is 974 g/mol. The first-order valence-corrected chi connectivity index (χ1v) is 24.5. The summed E-state index contributed by atoms with van der Waals surface area (Å²) >= 11 is 8.55. The maximum absolute atomic E-state index is 13.8. The fourth-order valence-electron chi connectivity index (χ4n) is 6.80. The minimum atomic E-state index is -1.28. The summed E-state index contributed by atoms with van der Waals surface area (Å²) in [6, 6.07) is -10.1. The smallest absolute Gasteiger partial charge is 0.326 e. The van der Waals surface area contributed by atoms with Gasteiger partial charge in [-0.25, -0.2) is 4.79 Å². The van der Waals surface area contributed by atoms with Crippen LogP contribution in [-0.2, 0) is 43.2 Å². The first kappa shape index (κ1) is 61.9. The SMILES string of the molecule is CC[C@H](C)[C@H](NC(=O)[C@H](CC(C)C)NC(=O)[C@H](CS)NC(=O)[C@H](CC(C)C)NC(=O)[C@H](CS)NC(=O)[C@H](CC(C)C)NC(=O)[C@H](C)NC(=O)[C@H](CC(C)C)NC(=O)[C@@H](N)CC(C)C)C(=O)O. The number of thiol groups is 2. The van der Waals surface area contributed by atoms with Gasteiger partial charge in [0.05, 0.1) is 6.04 Å². The highest BCUT2D eigenvalue weighted by Gasteiger charge is 2.35. The fraction of sp³-hybridized carbons (Fsp3) is 0.800. The summed E-state index contributed by atoms with van der Waals surface area (Å²) in [7, 11) is 0. The molecule has 0 saturated carbocycles. The van der Waals surface area contributed by atoms with E-state index in [1.54, 1.807) is 13.8 Å². The molecule has 0 aliphatic rings. The van der Waals surface area contributed by atoms with Crippen LogP contribution in [0.15, 0.2) is 0 Å². The topological polar surface area (TPSA) is 296 Å². The molecule has 0 saturated heterocycles. The van der Waals surface area contributed by atoms with Crippen LogP contribution < -0.4 is 48.3 Å². The molecule has 0 aliphatic heterocycles. The van der Waals surface area contributed by atoms with Crippen LogP contribution in [0.4, 0.5) is 0 Å². The molecule has 0 spiro atoms. The van der Waals surface area contributed by atoms with Crippen LogP contribution in [0, 0.1) is 35.5 Å². The van der Waals surface area contributed by atoms with Crippen LogP contribution in [0.2, 0.25) is 0 Å². The molecule has 21 heteroatoms. The number of amides is 8. The number of carbonyl (C=O) groups is 9. The number of hydrogen-bond donors (Lipinski definition) is 12. The molecular weight excluding hydrogens is 891 g/mol. The summed E-state index contributed by atoms with van der Waals surface area (Å²) < 4.78 is 0. The second-order valence-corrected chi connectivity index (χ2v) is 20.2. The Morgan fingerprint density at radius 1 is 0.409 bits per heavy atom. The van der Waals surface area contributed by atoms with E-state index < -0.39 is 108 Å². The normalized spacial score (nSPS) is 16.1. The Hall–Kier alpha value is -4.11. The van der Waals surface area contributed by atoms with Crippen LogP contribution in [-0.4, -0.2) is 124 Å². The van der Waals surface area contributed by atoms with Crippen LogP contribution in [0.3, 0.4) is 0 Å². The van der Waals surface area contributed by atoms with E-state index in [-0.39, 0.29) is 72.7 Å². The number of hydrogen-bond acceptors (Lipinski definition) is 12. The molecule has 19 nitrogen and oxygen atoms in total. The summed E-state index contributed by atoms with van der Waals surface area (Å²) in [4.78, 5) is 120. The molecule has 0 unspecified atom stereocenters. The molecule has 0 aromatic heterocycles. The van der Waals surface area contributed by atoms with Crippen molar-refractivity contribution in [3.05, 3.63) is 0 Å². The number of nitrogens with one attached hydrogen (secondary N) is 8. The molecule has 0 bridgehead atoms. The van der Waals surface area contributed by atoms with Crippen LogP contribution in [0.25, 0.3) is 0 Å². The molecule has 0 fully saturated rings. The third kappa shape index (κ3) is 23.6. The molecule has 0 radical (unpaired) electrons. The van der Waals surface area contributed by atoms with Crippen molar-refractivity contribution in [2.45, 2.75) is 183 Å². The second kappa shape index (κ2) is 31.0. The lowest BCUT2D eigenvalue weighted by Gasteiger charge is -2.28. The molecule has 0 aliphatic carbocycles. The van der Waals surface area contributed by atoms with Gasteiger partial charge in [0.25, 0.3) is 0 Å². The van der Waals surface area contributed by atoms with Crippen molar-refractivity contribution in [3.63, 3.8) is 0 Å². The Labute approximate surface area is 403 Å². The number of carboxylic acids is 1. The highest BCUT2D eigenvalue weighted by atomic mass is 32.1. The van der Waals surface area contributed by atoms with Crippen molar-refractivity contribution in [1.29, 1.82) is 0 Å². The van der Waals surface area contributed by atoms with Gasteiger partial charge in [-0.1, -0.05) is 89.5 Å². The van der Waals surface area contributed by atoms with Gasteiger partial charge in [0.15, 0.2) is 0 Å². The van der Waals surface area contributed by atoms with E-state index in [0.29, 0.717) is 12.8 Å². The maximum atomic E-state index is 13.8. The fourth-order valence-corrected chi connectivity index (χ4v) is 7.31. The lowest BCUT2D eigenvalue weighted by Crippen LogP contribution is -2.61. The van der Waals surface area contributed by atoms with Crippen molar-refractivity contribution in [2.24, 2.45) is 41.2 Å². The summed E-state index contributed by atoms with van der Waals surface area (Å²) in [6.45, 7) is 23.5. The standard InChI is InChI=1S/C45H83N9O10S2/c1-14-27(12)36(45(63)64)54-42(60)33(19-26(10)11)51-44(62)35(21-66)53-41(59)32(18-25(8)9)50-43(61)34(20-65)52-40(58)31(17-24(6)7)48-37(55)28(13)47-39(57)30(16-23(4)5)49-38(56)29(46)15-22(2)3/h22-36,65-66H,14-21,46H2,1-13H3,(H,47,57)(H,48,55)(H,49,56)(H,50,61)(H,51,62)(H,52,58)(H,53,59)(H,54,60)(H,63,64)/t27-,28-,29-,30-,31-,32-,33-,34-,35-,36-/m0/s1. The van der Waals surface area contributed by atoms with Crippen molar-refractivity contribution in [3.8, 4) is 0 Å². The van der Waals surface area contributed by atoms with E-state index in [2.05, 4.69) is 67.8 Å². The Bertz CT molecular complexity index is 1620. The number of carbonyl (C=O) groups excluding carboxylic acids is 8. The van der Waals surface area contributed by atoms with Crippen molar-refractivity contribution in [2.75, 3.05) is 11.5 Å². The molecular formula is C45H83N9O10S2. The highest BCUT2D eigenvalue weighted by Crippen LogP contribution is 2.13. The zero-order valence-electron chi connectivity index (χ0n) is 41.4. The van der Waals surface area contributed by atoms with E-state index in [9.17, 15) is 48.3 Å². The van der Waals surface area contributed by atoms with Crippen molar-refractivity contribution >= 4 is 78.5 Å². The third-order valence-corrected chi connectivity index (χ3v) is 11.3. The first-order chi connectivity index (χ1) is 30.6. The van der Waals surface area contributed by atoms with Gasteiger partial charge in [-0.3, -0.25) is 38.4 Å². The minimum absolute atomic E-state index is 0.0137. The van der Waals surface area contributed by atoms with Crippen molar-refractivity contribution < 1.29 is 48.3 Å². The van der Waals surface area contributed by atoms with E-state index in [1.165, 1.54) is 6.92 Å². The molecule has 0 heterocycles. The second-order valence-electron chi connectivity index (χ2n) is 19.4. The predicted octanol–water partition coefficient (Wildman–Crippen LogP) is 1.43. The lowest BCUT2D eigenvalue weighted by atomic mass is 9.97. The minimum Gasteiger partial charge on any atom is -0.480 e. The average molecular weight is 974 g/mol. The Morgan fingerprint density at radius 2 is 0.682 bits per heavy atom. The van der Waals surface area contributed by atoms with Gasteiger partial charge in [0.2, 0.25) is 47.3 Å². The van der Waals surface area contributed by atoms with E-state index in [1.807, 2.05) is 69.2 Å². The number of carboxylic acid groups (broad SMARTS) is 1. The molecule has 10 atom stereocenters. The molecule has 11 N–H and O–H groups in total. The first-order valence-electron chi connectivity index (χ1n) is 23.2. The highest BCUT2D eigenvalue weighted by molar-refractivity contribution is 7.80. The van der Waals surface area contributed by atoms with Gasteiger partial charge < -0.3 is 53.4 Å². The molecule has 8 amide bonds. The maximum Gasteiger partial charge on any atom is 0.326 e. The lowest BCUT2D eigenvalue weighted by molar-refractivity contribution is -0.144. The summed E-state index contributed by atoms with van der Waals surface area (Å²) in [6.07, 6.45) is 1.64. The summed E-state index contributed by atoms with van der Waals surface area (Å²) in [5.41, 5.74) is 6.05. The van der Waals surface area contributed by atoms with Gasteiger partial charge in [0.1, 0.15) is 48.3 Å². The summed E-state index contributed by atoms with van der Waals surface area (Å²) in [5.74, 6) is -7.56.